The topological polar surface area (TPSA) is 48.1 Å². The van der Waals surface area contributed by atoms with Crippen molar-refractivity contribution in [1.82, 2.24) is 16.2 Å². The van der Waals surface area contributed by atoms with E-state index in [-0.39, 0.29) is 0 Å². The lowest BCUT2D eigenvalue weighted by Gasteiger charge is -2.19. The van der Waals surface area contributed by atoms with Crippen LogP contribution in [0.25, 0.3) is 0 Å². The summed E-state index contributed by atoms with van der Waals surface area (Å²) >= 11 is 10.5. The molecule has 23 heavy (non-hydrogen) atoms. The van der Waals surface area contributed by atoms with Crippen LogP contribution in [0.5, 0.6) is 0 Å². The van der Waals surface area contributed by atoms with Crippen LogP contribution in [0, 0.1) is 12.8 Å². The molecule has 4 N–H and O–H groups in total. The normalized spacial score (nSPS) is 11.7. The van der Waals surface area contributed by atoms with Gasteiger partial charge in [0, 0.05) is 11.7 Å². The molecule has 0 aliphatic heterocycles. The molecule has 0 radical (unpaired) electrons. The van der Waals surface area contributed by atoms with Crippen molar-refractivity contribution in [2.24, 2.45) is 5.92 Å². The molecule has 128 valence electrons. The lowest BCUT2D eigenvalue weighted by Crippen LogP contribution is -2.50. The van der Waals surface area contributed by atoms with E-state index in [2.05, 4.69) is 42.3 Å². The Bertz CT molecular complexity index is 517. The van der Waals surface area contributed by atoms with E-state index in [9.17, 15) is 0 Å². The van der Waals surface area contributed by atoms with Gasteiger partial charge in [0.15, 0.2) is 10.2 Å². The van der Waals surface area contributed by atoms with Gasteiger partial charge in [-0.3, -0.25) is 10.9 Å². The molecule has 0 fully saturated rings. The quantitative estimate of drug-likeness (QED) is 0.460. The van der Waals surface area contributed by atoms with Crippen molar-refractivity contribution in [3.63, 3.8) is 0 Å². The van der Waals surface area contributed by atoms with E-state index in [0.29, 0.717) is 16.3 Å². The van der Waals surface area contributed by atoms with Crippen LogP contribution < -0.4 is 21.5 Å². The van der Waals surface area contributed by atoms with Crippen LogP contribution in [-0.4, -0.2) is 16.3 Å². The van der Waals surface area contributed by atoms with Gasteiger partial charge in [-0.05, 0) is 62.3 Å². The third-order valence-corrected chi connectivity index (χ3v) is 3.90. The molecule has 0 unspecified atom stereocenters. The number of nitrogens with one attached hydrogen (secondary N) is 4. The Balaban J connectivity index is 2.24. The summed E-state index contributed by atoms with van der Waals surface area (Å²) < 4.78 is 0. The monoisotopic (exact) mass is 352 g/mol. The highest BCUT2D eigenvalue weighted by Gasteiger charge is 2.05. The molecule has 6 heteroatoms. The molecular formula is C17H28N4S2. The van der Waals surface area contributed by atoms with Crippen molar-refractivity contribution in [2.45, 2.75) is 53.0 Å². The third kappa shape index (κ3) is 8.71. The minimum Gasteiger partial charge on any atom is -0.359 e. The fourth-order valence-corrected chi connectivity index (χ4v) is 2.56. The van der Waals surface area contributed by atoms with Gasteiger partial charge in [0.2, 0.25) is 0 Å². The van der Waals surface area contributed by atoms with Gasteiger partial charge >= 0.3 is 0 Å². The smallest absolute Gasteiger partial charge is 0.189 e. The summed E-state index contributed by atoms with van der Waals surface area (Å²) in [7, 11) is 0. The molecule has 1 aromatic carbocycles. The van der Waals surface area contributed by atoms with Crippen LogP contribution in [0.3, 0.4) is 0 Å². The Labute approximate surface area is 150 Å². The Morgan fingerprint density at radius 2 is 1.65 bits per heavy atom. The molecule has 0 aliphatic rings. The van der Waals surface area contributed by atoms with Gasteiger partial charge in [-0.15, -0.1) is 0 Å². The number of anilines is 1. The third-order valence-electron chi connectivity index (χ3n) is 3.48. The van der Waals surface area contributed by atoms with Gasteiger partial charge in [-0.1, -0.05) is 44.9 Å². The van der Waals surface area contributed by atoms with Crippen LogP contribution in [0.2, 0.25) is 0 Å². The first-order valence-corrected chi connectivity index (χ1v) is 8.89. The van der Waals surface area contributed by atoms with Crippen LogP contribution in [0.15, 0.2) is 24.3 Å². The summed E-state index contributed by atoms with van der Waals surface area (Å²) in [5.41, 5.74) is 7.94. The molecule has 0 saturated heterocycles. The Morgan fingerprint density at radius 3 is 2.30 bits per heavy atom. The minimum absolute atomic E-state index is 0.341. The summed E-state index contributed by atoms with van der Waals surface area (Å²) in [6, 6.07) is 8.32. The highest BCUT2D eigenvalue weighted by Crippen LogP contribution is 2.12. The van der Waals surface area contributed by atoms with Crippen molar-refractivity contribution in [3.8, 4) is 0 Å². The van der Waals surface area contributed by atoms with Gasteiger partial charge in [-0.25, -0.2) is 0 Å². The van der Waals surface area contributed by atoms with E-state index in [4.69, 9.17) is 24.4 Å². The lowest BCUT2D eigenvalue weighted by molar-refractivity contribution is 0.492. The maximum atomic E-state index is 5.27. The molecule has 1 atom stereocenters. The number of benzene rings is 1. The van der Waals surface area contributed by atoms with E-state index in [1.807, 2.05) is 31.2 Å². The van der Waals surface area contributed by atoms with Crippen LogP contribution >= 0.6 is 24.4 Å². The predicted molar refractivity (Wildman–Crippen MR) is 108 cm³/mol. The van der Waals surface area contributed by atoms with Crippen LogP contribution in [0.1, 0.15) is 45.6 Å². The fourth-order valence-electron chi connectivity index (χ4n) is 2.14. The first-order valence-electron chi connectivity index (χ1n) is 8.07. The zero-order valence-electron chi connectivity index (χ0n) is 14.4. The molecule has 0 aromatic heterocycles. The van der Waals surface area contributed by atoms with E-state index < -0.39 is 0 Å². The summed E-state index contributed by atoms with van der Waals surface area (Å²) in [4.78, 5) is 0. The highest BCUT2D eigenvalue weighted by atomic mass is 32.1. The SMILES string of the molecule is Cc1ccccc1NC(=S)NNC(=S)N[C@@H](C)CCCC(C)C. The van der Waals surface area contributed by atoms with Gasteiger partial charge < -0.3 is 10.6 Å². The average molecular weight is 353 g/mol. The molecule has 4 nitrogen and oxygen atoms in total. The molecule has 0 aliphatic carbocycles. The van der Waals surface area contributed by atoms with Crippen LogP contribution in [-0.2, 0) is 0 Å². The first kappa shape index (κ1) is 19.6. The summed E-state index contributed by atoms with van der Waals surface area (Å²) in [5.74, 6) is 0.749. The van der Waals surface area contributed by atoms with Gasteiger partial charge in [0.05, 0.1) is 0 Å². The average Bonchev–Trinajstić information content (AvgIpc) is 2.47. The summed E-state index contributed by atoms with van der Waals surface area (Å²) in [6.07, 6.45) is 3.55. The summed E-state index contributed by atoms with van der Waals surface area (Å²) in [5, 5.41) is 7.42. The molecule has 0 heterocycles. The number of aryl methyl sites for hydroxylation is 1. The van der Waals surface area contributed by atoms with E-state index in [1.165, 1.54) is 12.8 Å². The lowest BCUT2D eigenvalue weighted by atomic mass is 10.0. The second kappa shape index (κ2) is 10.4. The molecule has 0 saturated carbocycles. The molecular weight excluding hydrogens is 324 g/mol. The van der Waals surface area contributed by atoms with Crippen molar-refractivity contribution < 1.29 is 0 Å². The second-order valence-electron chi connectivity index (χ2n) is 6.22. The molecule has 0 bridgehead atoms. The van der Waals surface area contributed by atoms with Crippen molar-refractivity contribution in [3.05, 3.63) is 29.8 Å². The number of rotatable bonds is 6. The molecule has 1 rings (SSSR count). The standard InChI is InChI=1S/C17H28N4S2/c1-12(2)8-7-10-14(4)18-16(22)20-21-17(23)19-15-11-6-5-9-13(15)3/h5-6,9,11-12,14H,7-8,10H2,1-4H3,(H2,18,20,22)(H2,19,21,23)/t14-/m0/s1. The molecule has 0 spiro atoms. The van der Waals surface area contributed by atoms with Gasteiger partial charge in [0.25, 0.3) is 0 Å². The minimum atomic E-state index is 0.341. The zero-order valence-corrected chi connectivity index (χ0v) is 16.0. The summed E-state index contributed by atoms with van der Waals surface area (Å²) in [6.45, 7) is 8.66. The van der Waals surface area contributed by atoms with Crippen molar-refractivity contribution in [2.75, 3.05) is 5.32 Å². The number of thiocarbonyl (C=S) groups is 2. The predicted octanol–water partition coefficient (Wildman–Crippen LogP) is 3.88. The fraction of sp³-hybridized carbons (Fsp3) is 0.529. The zero-order chi connectivity index (χ0) is 17.2. The Morgan fingerprint density at radius 1 is 1.00 bits per heavy atom. The molecule has 1 aromatic rings. The van der Waals surface area contributed by atoms with Crippen molar-refractivity contribution in [1.29, 1.82) is 0 Å². The maximum absolute atomic E-state index is 5.27. The number of hydrazine groups is 1. The van der Waals surface area contributed by atoms with Gasteiger partial charge in [-0.2, -0.15) is 0 Å². The van der Waals surface area contributed by atoms with E-state index in [1.54, 1.807) is 0 Å². The molecule has 0 amide bonds. The number of hydrogen-bond acceptors (Lipinski definition) is 2. The Kier molecular flexibility index (Phi) is 8.87. The van der Waals surface area contributed by atoms with E-state index in [0.717, 1.165) is 23.6 Å². The van der Waals surface area contributed by atoms with Crippen molar-refractivity contribution >= 4 is 40.3 Å². The van der Waals surface area contributed by atoms with Gasteiger partial charge in [0.1, 0.15) is 0 Å². The first-order chi connectivity index (χ1) is 10.9. The highest BCUT2D eigenvalue weighted by molar-refractivity contribution is 7.80. The Hall–Kier alpha value is -1.40. The number of hydrogen-bond donors (Lipinski definition) is 4. The largest absolute Gasteiger partial charge is 0.359 e. The van der Waals surface area contributed by atoms with Crippen LogP contribution in [0.4, 0.5) is 5.69 Å². The number of para-hydroxylation sites is 1. The second-order valence-corrected chi connectivity index (χ2v) is 7.03. The van der Waals surface area contributed by atoms with E-state index >= 15 is 0 Å². The maximum Gasteiger partial charge on any atom is 0.189 e.